The van der Waals surface area contributed by atoms with Gasteiger partial charge in [-0.1, -0.05) is 19.9 Å². The molecule has 0 bridgehead atoms. The lowest BCUT2D eigenvalue weighted by atomic mass is 9.84. The molecule has 1 N–H and O–H groups in total. The lowest BCUT2D eigenvalue weighted by molar-refractivity contribution is 0.171. The number of hydrogen-bond donors (Lipinski definition) is 1. The maximum atomic E-state index is 5.73. The van der Waals surface area contributed by atoms with Crippen molar-refractivity contribution in [1.29, 1.82) is 0 Å². The van der Waals surface area contributed by atoms with Crippen LogP contribution in [-0.4, -0.2) is 49.3 Å². The third-order valence-corrected chi connectivity index (χ3v) is 5.04. The van der Waals surface area contributed by atoms with Gasteiger partial charge in [-0.05, 0) is 29.8 Å². The first-order chi connectivity index (χ1) is 12.9. The molecule has 1 aliphatic heterocycles. The molecule has 0 radical (unpaired) electrons. The molecule has 2 aromatic rings. The zero-order chi connectivity index (χ0) is 19.4. The van der Waals surface area contributed by atoms with Crippen molar-refractivity contribution in [3.8, 4) is 11.5 Å². The first-order valence-electron chi connectivity index (χ1n) is 9.33. The number of aromatic nitrogens is 1. The van der Waals surface area contributed by atoms with E-state index in [1.807, 2.05) is 13.1 Å². The van der Waals surface area contributed by atoms with Gasteiger partial charge in [0.15, 0.2) is 17.5 Å². The molecule has 0 spiro atoms. The Morgan fingerprint density at radius 2 is 1.93 bits per heavy atom. The number of guanidine groups is 1. The minimum absolute atomic E-state index is 0. The van der Waals surface area contributed by atoms with Crippen molar-refractivity contribution in [2.45, 2.75) is 25.8 Å². The molecule has 0 saturated heterocycles. The van der Waals surface area contributed by atoms with Crippen LogP contribution in [0.4, 0.5) is 0 Å². The van der Waals surface area contributed by atoms with Crippen LogP contribution in [0.2, 0.25) is 0 Å². The van der Waals surface area contributed by atoms with Gasteiger partial charge >= 0.3 is 0 Å². The summed E-state index contributed by atoms with van der Waals surface area (Å²) in [5, 5.41) is 3.51. The summed E-state index contributed by atoms with van der Waals surface area (Å²) >= 11 is 0. The lowest BCUT2D eigenvalue weighted by Gasteiger charge is -2.30. The number of rotatable bonds is 5. The molecule has 7 heteroatoms. The number of hydrogen-bond acceptors (Lipinski definition) is 3. The zero-order valence-electron chi connectivity index (χ0n) is 17.4. The fraction of sp³-hybridized carbons (Fsp3) is 0.476. The maximum absolute atomic E-state index is 5.73. The van der Waals surface area contributed by atoms with E-state index < -0.39 is 0 Å². The molecule has 0 atom stereocenters. The highest BCUT2D eigenvalue weighted by atomic mass is 127. The highest BCUT2D eigenvalue weighted by Gasteiger charge is 2.24. The van der Waals surface area contributed by atoms with E-state index >= 15 is 0 Å². The van der Waals surface area contributed by atoms with Gasteiger partial charge in [-0.2, -0.15) is 0 Å². The average molecular weight is 498 g/mol. The fourth-order valence-corrected chi connectivity index (χ4v) is 3.23. The predicted molar refractivity (Wildman–Crippen MR) is 124 cm³/mol. The van der Waals surface area contributed by atoms with Gasteiger partial charge in [-0.3, -0.25) is 4.99 Å². The summed E-state index contributed by atoms with van der Waals surface area (Å²) in [6.45, 7) is 7.21. The van der Waals surface area contributed by atoms with Gasteiger partial charge in [0, 0.05) is 45.0 Å². The second-order valence-corrected chi connectivity index (χ2v) is 7.61. The Hall–Kier alpha value is -1.90. The van der Waals surface area contributed by atoms with Crippen LogP contribution in [0.15, 0.2) is 41.5 Å². The van der Waals surface area contributed by atoms with Gasteiger partial charge in [-0.15, -0.1) is 24.0 Å². The number of ether oxygens (including phenoxy) is 2. The topological polar surface area (TPSA) is 51.0 Å². The molecular weight excluding hydrogens is 467 g/mol. The molecule has 2 heterocycles. The van der Waals surface area contributed by atoms with E-state index in [0.717, 1.165) is 30.5 Å². The third kappa shape index (κ3) is 5.12. The molecule has 28 heavy (non-hydrogen) atoms. The van der Waals surface area contributed by atoms with Crippen molar-refractivity contribution >= 4 is 29.9 Å². The quantitative estimate of drug-likeness (QED) is 0.390. The number of benzene rings is 1. The monoisotopic (exact) mass is 498 g/mol. The number of aryl methyl sites for hydroxylation is 1. The molecule has 0 fully saturated rings. The SMILES string of the molecule is CN=C(NCC(C)(C)c1ccc2c(c1)OCCO2)N(C)Cc1cccn1C.I. The van der Waals surface area contributed by atoms with Crippen molar-refractivity contribution in [3.05, 3.63) is 47.8 Å². The summed E-state index contributed by atoms with van der Waals surface area (Å²) in [5.41, 5.74) is 2.36. The molecule has 1 aliphatic rings. The van der Waals surface area contributed by atoms with Gasteiger partial charge in [0.1, 0.15) is 13.2 Å². The number of fused-ring (bicyclic) bond motifs is 1. The predicted octanol–water partition coefficient (Wildman–Crippen LogP) is 3.40. The summed E-state index contributed by atoms with van der Waals surface area (Å²) in [6.07, 6.45) is 2.06. The van der Waals surface area contributed by atoms with Gasteiger partial charge < -0.3 is 24.3 Å². The Morgan fingerprint density at radius 3 is 2.57 bits per heavy atom. The Morgan fingerprint density at radius 1 is 1.21 bits per heavy atom. The van der Waals surface area contributed by atoms with Gasteiger partial charge in [0.05, 0.1) is 6.54 Å². The molecule has 0 amide bonds. The largest absolute Gasteiger partial charge is 0.486 e. The molecule has 0 aliphatic carbocycles. The molecule has 3 rings (SSSR count). The average Bonchev–Trinajstić information content (AvgIpc) is 3.06. The molecule has 1 aromatic heterocycles. The van der Waals surface area contributed by atoms with Crippen molar-refractivity contribution in [1.82, 2.24) is 14.8 Å². The number of aliphatic imine (C=N–C) groups is 1. The van der Waals surface area contributed by atoms with E-state index in [4.69, 9.17) is 9.47 Å². The minimum Gasteiger partial charge on any atom is -0.486 e. The van der Waals surface area contributed by atoms with Crippen LogP contribution in [0.1, 0.15) is 25.1 Å². The molecule has 6 nitrogen and oxygen atoms in total. The number of nitrogens with zero attached hydrogens (tertiary/aromatic N) is 3. The highest BCUT2D eigenvalue weighted by Crippen LogP contribution is 2.34. The van der Waals surface area contributed by atoms with Gasteiger partial charge in [0.25, 0.3) is 0 Å². The van der Waals surface area contributed by atoms with Crippen molar-refractivity contribution in [2.24, 2.45) is 12.0 Å². The second kappa shape index (κ2) is 9.54. The Balaban J connectivity index is 0.00000280. The molecule has 1 aromatic carbocycles. The van der Waals surface area contributed by atoms with E-state index in [-0.39, 0.29) is 29.4 Å². The first-order valence-corrected chi connectivity index (χ1v) is 9.33. The van der Waals surface area contributed by atoms with Crippen LogP contribution in [0.3, 0.4) is 0 Å². The van der Waals surface area contributed by atoms with Crippen LogP contribution < -0.4 is 14.8 Å². The molecular formula is C21H31IN4O2. The van der Waals surface area contributed by atoms with Crippen molar-refractivity contribution in [3.63, 3.8) is 0 Å². The maximum Gasteiger partial charge on any atom is 0.193 e. The van der Waals surface area contributed by atoms with E-state index in [1.165, 1.54) is 11.3 Å². The van der Waals surface area contributed by atoms with Crippen LogP contribution in [0.25, 0.3) is 0 Å². The molecule has 154 valence electrons. The Kier molecular flexibility index (Phi) is 7.63. The molecule has 0 unspecified atom stereocenters. The summed E-state index contributed by atoms with van der Waals surface area (Å²) in [4.78, 5) is 6.58. The molecule has 0 saturated carbocycles. The van der Waals surface area contributed by atoms with Gasteiger partial charge in [-0.25, -0.2) is 0 Å². The second-order valence-electron chi connectivity index (χ2n) is 7.61. The Bertz CT molecular complexity index is 816. The van der Waals surface area contributed by atoms with E-state index in [0.29, 0.717) is 13.2 Å². The van der Waals surface area contributed by atoms with Crippen molar-refractivity contribution in [2.75, 3.05) is 33.9 Å². The summed E-state index contributed by atoms with van der Waals surface area (Å²) < 4.78 is 13.5. The van der Waals surface area contributed by atoms with E-state index in [9.17, 15) is 0 Å². The van der Waals surface area contributed by atoms with Crippen LogP contribution in [0.5, 0.6) is 11.5 Å². The smallest absolute Gasteiger partial charge is 0.193 e. The van der Waals surface area contributed by atoms with E-state index in [2.05, 4.69) is 78.2 Å². The van der Waals surface area contributed by atoms with Crippen molar-refractivity contribution < 1.29 is 9.47 Å². The summed E-state index contributed by atoms with van der Waals surface area (Å²) in [6, 6.07) is 10.4. The summed E-state index contributed by atoms with van der Waals surface area (Å²) in [5.74, 6) is 2.53. The van der Waals surface area contributed by atoms with Crippen LogP contribution >= 0.6 is 24.0 Å². The standard InChI is InChI=1S/C21H30N4O2.HI/c1-21(2,16-8-9-18-19(13-16)27-12-11-26-18)15-23-20(22-3)25(5)14-17-7-6-10-24(17)4;/h6-10,13H,11-12,14-15H2,1-5H3,(H,22,23);1H. The van der Waals surface area contributed by atoms with E-state index in [1.54, 1.807) is 0 Å². The minimum atomic E-state index is -0.0857. The Labute approximate surface area is 184 Å². The number of nitrogens with one attached hydrogen (secondary N) is 1. The summed E-state index contributed by atoms with van der Waals surface area (Å²) in [7, 11) is 5.94. The first kappa shape index (κ1) is 22.4. The van der Waals surface area contributed by atoms with Gasteiger partial charge in [0.2, 0.25) is 0 Å². The van der Waals surface area contributed by atoms with Crippen LogP contribution in [0, 0.1) is 0 Å². The third-order valence-electron chi connectivity index (χ3n) is 5.04. The zero-order valence-corrected chi connectivity index (χ0v) is 19.7. The lowest BCUT2D eigenvalue weighted by Crippen LogP contribution is -2.44. The fourth-order valence-electron chi connectivity index (χ4n) is 3.23. The normalized spacial score (nSPS) is 13.7. The number of halogens is 1. The van der Waals surface area contributed by atoms with Crippen LogP contribution in [-0.2, 0) is 19.0 Å². The highest BCUT2D eigenvalue weighted by molar-refractivity contribution is 14.0.